The van der Waals surface area contributed by atoms with E-state index in [0.29, 0.717) is 19.7 Å². The van der Waals surface area contributed by atoms with Crippen molar-refractivity contribution in [3.05, 3.63) is 24.3 Å². The van der Waals surface area contributed by atoms with Gasteiger partial charge in [-0.1, -0.05) is 12.1 Å². The minimum atomic E-state index is -0.454. The number of rotatable bonds is 0. The Hall–Kier alpha value is -1.91. The van der Waals surface area contributed by atoms with E-state index in [4.69, 9.17) is 9.47 Å². The second-order valence-electron chi connectivity index (χ2n) is 6.55. The van der Waals surface area contributed by atoms with Gasteiger partial charge in [0.25, 0.3) is 0 Å². The summed E-state index contributed by atoms with van der Waals surface area (Å²) in [5.74, 6) is 0.930. The number of hydrogen-bond acceptors (Lipinski definition) is 4. The highest BCUT2D eigenvalue weighted by Crippen LogP contribution is 2.34. The van der Waals surface area contributed by atoms with Gasteiger partial charge >= 0.3 is 6.09 Å². The molecular weight excluding hydrogens is 268 g/mol. The second-order valence-corrected chi connectivity index (χ2v) is 6.55. The SMILES string of the molecule is CC(C)(C)OC(=O)N1CCN2c3ccccc3OCC2C1. The molecule has 114 valence electrons. The van der Waals surface area contributed by atoms with Gasteiger partial charge in [-0.3, -0.25) is 0 Å². The van der Waals surface area contributed by atoms with E-state index < -0.39 is 5.60 Å². The predicted molar refractivity (Wildman–Crippen MR) is 80.9 cm³/mol. The third-order valence-corrected chi connectivity index (χ3v) is 3.74. The van der Waals surface area contributed by atoms with Gasteiger partial charge in [-0.25, -0.2) is 4.79 Å². The molecule has 0 radical (unpaired) electrons. The smallest absolute Gasteiger partial charge is 0.410 e. The van der Waals surface area contributed by atoms with Gasteiger partial charge in [0.05, 0.1) is 11.7 Å². The van der Waals surface area contributed by atoms with Crippen molar-refractivity contribution in [1.29, 1.82) is 0 Å². The topological polar surface area (TPSA) is 42.0 Å². The largest absolute Gasteiger partial charge is 0.489 e. The third kappa shape index (κ3) is 2.91. The van der Waals surface area contributed by atoms with Crippen LogP contribution in [0.15, 0.2) is 24.3 Å². The quantitative estimate of drug-likeness (QED) is 0.736. The van der Waals surface area contributed by atoms with Crippen molar-refractivity contribution in [2.45, 2.75) is 32.4 Å². The zero-order valence-corrected chi connectivity index (χ0v) is 12.8. The maximum atomic E-state index is 12.2. The lowest BCUT2D eigenvalue weighted by Crippen LogP contribution is -2.59. The zero-order valence-electron chi connectivity index (χ0n) is 12.8. The predicted octanol–water partition coefficient (Wildman–Crippen LogP) is 2.50. The number of fused-ring (bicyclic) bond motifs is 3. The van der Waals surface area contributed by atoms with Gasteiger partial charge in [-0.2, -0.15) is 0 Å². The van der Waals surface area contributed by atoms with Crippen molar-refractivity contribution in [2.24, 2.45) is 0 Å². The fourth-order valence-corrected chi connectivity index (χ4v) is 2.81. The first-order valence-corrected chi connectivity index (χ1v) is 7.40. The number of para-hydroxylation sites is 2. The Morgan fingerprint density at radius 1 is 1.29 bits per heavy atom. The number of piperazine rings is 1. The first-order chi connectivity index (χ1) is 9.94. The second kappa shape index (κ2) is 5.13. The van der Waals surface area contributed by atoms with Crippen LogP contribution >= 0.6 is 0 Å². The van der Waals surface area contributed by atoms with E-state index in [1.54, 1.807) is 4.90 Å². The van der Waals surface area contributed by atoms with E-state index in [9.17, 15) is 4.79 Å². The Kier molecular flexibility index (Phi) is 3.43. The molecule has 3 rings (SSSR count). The molecule has 1 aromatic rings. The Morgan fingerprint density at radius 3 is 2.81 bits per heavy atom. The summed E-state index contributed by atoms with van der Waals surface area (Å²) in [7, 11) is 0. The van der Waals surface area contributed by atoms with E-state index >= 15 is 0 Å². The summed E-state index contributed by atoms with van der Waals surface area (Å²) < 4.78 is 11.3. The highest BCUT2D eigenvalue weighted by molar-refractivity contribution is 5.69. The summed E-state index contributed by atoms with van der Waals surface area (Å²) in [6, 6.07) is 8.26. The average Bonchev–Trinajstić information content (AvgIpc) is 2.44. The fraction of sp³-hybridized carbons (Fsp3) is 0.562. The normalized spacial score (nSPS) is 21.2. The first-order valence-electron chi connectivity index (χ1n) is 7.40. The number of anilines is 1. The van der Waals surface area contributed by atoms with Gasteiger partial charge in [0.1, 0.15) is 18.0 Å². The van der Waals surface area contributed by atoms with Crippen LogP contribution < -0.4 is 9.64 Å². The Morgan fingerprint density at radius 2 is 2.05 bits per heavy atom. The molecule has 0 saturated carbocycles. The van der Waals surface area contributed by atoms with Crippen LogP contribution in [0.3, 0.4) is 0 Å². The van der Waals surface area contributed by atoms with Gasteiger partial charge in [0.15, 0.2) is 0 Å². The molecular formula is C16H22N2O3. The van der Waals surface area contributed by atoms with E-state index in [1.165, 1.54) is 0 Å². The molecule has 0 aliphatic carbocycles. The molecule has 0 aromatic heterocycles. The van der Waals surface area contributed by atoms with E-state index in [2.05, 4.69) is 11.0 Å². The van der Waals surface area contributed by atoms with Crippen LogP contribution in [0, 0.1) is 0 Å². The lowest BCUT2D eigenvalue weighted by Gasteiger charge is -2.45. The Balaban J connectivity index is 1.70. The van der Waals surface area contributed by atoms with Crippen LogP contribution in [0.5, 0.6) is 5.75 Å². The lowest BCUT2D eigenvalue weighted by atomic mass is 10.1. The molecule has 1 fully saturated rings. The maximum Gasteiger partial charge on any atom is 0.410 e. The fourth-order valence-electron chi connectivity index (χ4n) is 2.81. The summed E-state index contributed by atoms with van der Waals surface area (Å²) in [5, 5.41) is 0. The van der Waals surface area contributed by atoms with Gasteiger partial charge in [-0.15, -0.1) is 0 Å². The van der Waals surface area contributed by atoms with E-state index in [1.807, 2.05) is 39.0 Å². The minimum absolute atomic E-state index is 0.196. The lowest BCUT2D eigenvalue weighted by molar-refractivity contribution is 0.0195. The molecule has 5 heteroatoms. The summed E-state index contributed by atoms with van der Waals surface area (Å²) in [5.41, 5.74) is 0.668. The molecule has 0 spiro atoms. The van der Waals surface area contributed by atoms with Crippen molar-refractivity contribution in [2.75, 3.05) is 31.1 Å². The average molecular weight is 290 g/mol. The van der Waals surface area contributed by atoms with Crippen molar-refractivity contribution in [1.82, 2.24) is 4.90 Å². The molecule has 2 heterocycles. The van der Waals surface area contributed by atoms with E-state index in [0.717, 1.165) is 18.0 Å². The summed E-state index contributed by atoms with van der Waals surface area (Å²) in [4.78, 5) is 16.3. The van der Waals surface area contributed by atoms with Crippen LogP contribution in [-0.2, 0) is 4.74 Å². The third-order valence-electron chi connectivity index (χ3n) is 3.74. The highest BCUT2D eigenvalue weighted by Gasteiger charge is 2.35. The number of carbonyl (C=O) groups is 1. The number of carbonyl (C=O) groups excluding carboxylic acids is 1. The molecule has 5 nitrogen and oxygen atoms in total. The van der Waals surface area contributed by atoms with Crippen LogP contribution in [0.1, 0.15) is 20.8 Å². The molecule has 2 aliphatic rings. The number of ether oxygens (including phenoxy) is 2. The summed E-state index contributed by atoms with van der Waals surface area (Å²) >= 11 is 0. The highest BCUT2D eigenvalue weighted by atomic mass is 16.6. The monoisotopic (exact) mass is 290 g/mol. The first kappa shape index (κ1) is 14.0. The molecule has 1 amide bonds. The standard InChI is InChI=1S/C16H22N2O3/c1-16(2,3)21-15(19)17-8-9-18-12(10-17)11-20-14-7-5-4-6-13(14)18/h4-7,12H,8-11H2,1-3H3. The Labute approximate surface area is 125 Å². The summed E-state index contributed by atoms with van der Waals surface area (Å²) in [6.07, 6.45) is -0.235. The summed E-state index contributed by atoms with van der Waals surface area (Å²) in [6.45, 7) is 8.41. The maximum absolute atomic E-state index is 12.2. The van der Waals surface area contributed by atoms with Crippen molar-refractivity contribution in [3.63, 3.8) is 0 Å². The van der Waals surface area contributed by atoms with Gasteiger partial charge in [0, 0.05) is 19.6 Å². The zero-order chi connectivity index (χ0) is 15.0. The van der Waals surface area contributed by atoms with E-state index in [-0.39, 0.29) is 12.1 Å². The molecule has 1 atom stereocenters. The van der Waals surface area contributed by atoms with Crippen LogP contribution in [-0.4, -0.2) is 48.9 Å². The van der Waals surface area contributed by atoms with Crippen molar-refractivity contribution in [3.8, 4) is 5.75 Å². The van der Waals surface area contributed by atoms with Crippen LogP contribution in [0.25, 0.3) is 0 Å². The molecule has 1 saturated heterocycles. The van der Waals surface area contributed by atoms with Gasteiger partial charge in [0.2, 0.25) is 0 Å². The number of nitrogens with zero attached hydrogens (tertiary/aromatic N) is 2. The van der Waals surface area contributed by atoms with Crippen LogP contribution in [0.2, 0.25) is 0 Å². The Bertz CT molecular complexity index is 539. The molecule has 21 heavy (non-hydrogen) atoms. The molecule has 0 bridgehead atoms. The van der Waals surface area contributed by atoms with Gasteiger partial charge in [-0.05, 0) is 32.9 Å². The molecule has 2 aliphatic heterocycles. The van der Waals surface area contributed by atoms with Crippen molar-refractivity contribution < 1.29 is 14.3 Å². The van der Waals surface area contributed by atoms with Crippen molar-refractivity contribution >= 4 is 11.8 Å². The number of hydrogen-bond donors (Lipinski definition) is 0. The molecule has 1 unspecified atom stereocenters. The minimum Gasteiger partial charge on any atom is -0.489 e. The molecule has 0 N–H and O–H groups in total. The number of benzene rings is 1. The number of amides is 1. The molecule has 1 aromatic carbocycles. The van der Waals surface area contributed by atoms with Crippen LogP contribution in [0.4, 0.5) is 10.5 Å². The van der Waals surface area contributed by atoms with Gasteiger partial charge < -0.3 is 19.3 Å².